The van der Waals surface area contributed by atoms with Crippen LogP contribution in [0.1, 0.15) is 26.3 Å². The first-order valence-corrected chi connectivity index (χ1v) is 9.22. The molecular weight excluding hydrogens is 399 g/mol. The van der Waals surface area contributed by atoms with Gasteiger partial charge in [-0.3, -0.25) is 14.9 Å². The third-order valence-electron chi connectivity index (χ3n) is 4.31. The Bertz CT molecular complexity index is 1110. The van der Waals surface area contributed by atoms with Gasteiger partial charge in [0.05, 0.1) is 12.0 Å². The van der Waals surface area contributed by atoms with Crippen LogP contribution in [0.3, 0.4) is 0 Å². The summed E-state index contributed by atoms with van der Waals surface area (Å²) in [5, 5.41) is 15.6. The van der Waals surface area contributed by atoms with Crippen molar-refractivity contribution in [3.05, 3.63) is 80.5 Å². The van der Waals surface area contributed by atoms with E-state index in [0.29, 0.717) is 11.1 Å². The van der Waals surface area contributed by atoms with Gasteiger partial charge in [0.1, 0.15) is 16.4 Å². The number of esters is 1. The number of hydrogen-bond acceptors (Lipinski definition) is 6. The zero-order valence-electron chi connectivity index (χ0n) is 15.4. The second-order valence-electron chi connectivity index (χ2n) is 6.01. The van der Waals surface area contributed by atoms with E-state index >= 15 is 0 Å². The van der Waals surface area contributed by atoms with Gasteiger partial charge in [-0.1, -0.05) is 18.2 Å². The number of benzene rings is 2. The highest BCUT2D eigenvalue weighted by Crippen LogP contribution is 2.36. The van der Waals surface area contributed by atoms with Crippen LogP contribution in [0.4, 0.5) is 15.1 Å². The van der Waals surface area contributed by atoms with Crippen molar-refractivity contribution in [3.8, 4) is 11.1 Å². The molecule has 148 valence electrons. The van der Waals surface area contributed by atoms with Gasteiger partial charge in [-0.15, -0.1) is 11.3 Å². The molecule has 0 aliphatic carbocycles. The standard InChI is InChI=1S/C20H15FN2O5S/c1-11-14(4-3-5-16(11)23(26)27)18(24)22-19-17(20(25)28-2)15(10-29-19)12-6-8-13(21)9-7-12/h3-10H,1-2H3,(H,22,24). The number of anilines is 1. The lowest BCUT2D eigenvalue weighted by Crippen LogP contribution is -2.16. The monoisotopic (exact) mass is 414 g/mol. The van der Waals surface area contributed by atoms with Gasteiger partial charge < -0.3 is 10.1 Å². The second-order valence-corrected chi connectivity index (χ2v) is 6.89. The van der Waals surface area contributed by atoms with Crippen molar-refractivity contribution in [2.45, 2.75) is 6.92 Å². The maximum atomic E-state index is 13.2. The second kappa shape index (κ2) is 8.19. The lowest BCUT2D eigenvalue weighted by Gasteiger charge is -2.09. The fourth-order valence-corrected chi connectivity index (χ4v) is 3.79. The van der Waals surface area contributed by atoms with Gasteiger partial charge in [-0.25, -0.2) is 9.18 Å². The van der Waals surface area contributed by atoms with E-state index < -0.39 is 22.6 Å². The average Bonchev–Trinajstić information content (AvgIpc) is 3.11. The number of halogens is 1. The molecule has 29 heavy (non-hydrogen) atoms. The Morgan fingerprint density at radius 3 is 2.48 bits per heavy atom. The summed E-state index contributed by atoms with van der Waals surface area (Å²) in [6, 6.07) is 9.74. The summed E-state index contributed by atoms with van der Waals surface area (Å²) in [7, 11) is 1.21. The van der Waals surface area contributed by atoms with E-state index in [-0.39, 0.29) is 27.4 Å². The zero-order valence-corrected chi connectivity index (χ0v) is 16.2. The number of nitro benzene ring substituents is 1. The predicted octanol–water partition coefficient (Wildman–Crippen LogP) is 4.81. The molecule has 1 aromatic heterocycles. The van der Waals surface area contributed by atoms with Crippen molar-refractivity contribution in [1.29, 1.82) is 0 Å². The number of methoxy groups -OCH3 is 1. The third-order valence-corrected chi connectivity index (χ3v) is 5.20. The summed E-state index contributed by atoms with van der Waals surface area (Å²) in [4.78, 5) is 35.6. The average molecular weight is 414 g/mol. The summed E-state index contributed by atoms with van der Waals surface area (Å²) in [6.07, 6.45) is 0. The van der Waals surface area contributed by atoms with E-state index in [1.54, 1.807) is 5.38 Å². The fraction of sp³-hybridized carbons (Fsp3) is 0.100. The Hall–Kier alpha value is -3.59. The molecule has 7 nitrogen and oxygen atoms in total. The first kappa shape index (κ1) is 20.2. The Morgan fingerprint density at radius 1 is 1.17 bits per heavy atom. The van der Waals surface area contributed by atoms with Gasteiger partial charge in [0, 0.05) is 28.1 Å². The van der Waals surface area contributed by atoms with Gasteiger partial charge in [0.2, 0.25) is 0 Å². The molecule has 0 radical (unpaired) electrons. The van der Waals surface area contributed by atoms with Crippen LogP contribution in [0.2, 0.25) is 0 Å². The number of nitro groups is 1. The largest absolute Gasteiger partial charge is 0.465 e. The van der Waals surface area contributed by atoms with Crippen molar-refractivity contribution in [3.63, 3.8) is 0 Å². The number of nitrogens with one attached hydrogen (secondary N) is 1. The van der Waals surface area contributed by atoms with Crippen molar-refractivity contribution in [2.75, 3.05) is 12.4 Å². The van der Waals surface area contributed by atoms with Gasteiger partial charge in [-0.05, 0) is 30.7 Å². The van der Waals surface area contributed by atoms with Crippen LogP contribution >= 0.6 is 11.3 Å². The van der Waals surface area contributed by atoms with E-state index in [9.17, 15) is 24.1 Å². The van der Waals surface area contributed by atoms with Crippen LogP contribution in [0.15, 0.2) is 47.8 Å². The van der Waals surface area contributed by atoms with E-state index in [4.69, 9.17) is 4.74 Å². The normalized spacial score (nSPS) is 10.4. The highest BCUT2D eigenvalue weighted by molar-refractivity contribution is 7.15. The van der Waals surface area contributed by atoms with Crippen LogP contribution < -0.4 is 5.32 Å². The molecule has 1 N–H and O–H groups in total. The van der Waals surface area contributed by atoms with E-state index in [1.165, 1.54) is 56.5 Å². The first-order valence-electron chi connectivity index (χ1n) is 8.34. The highest BCUT2D eigenvalue weighted by atomic mass is 32.1. The van der Waals surface area contributed by atoms with Crippen LogP contribution in [0.5, 0.6) is 0 Å². The predicted molar refractivity (Wildman–Crippen MR) is 107 cm³/mol. The van der Waals surface area contributed by atoms with Crippen LogP contribution in [0.25, 0.3) is 11.1 Å². The van der Waals surface area contributed by atoms with Crippen LogP contribution in [0, 0.1) is 22.9 Å². The summed E-state index contributed by atoms with van der Waals surface area (Å²) in [6.45, 7) is 1.48. The number of thiophene rings is 1. The summed E-state index contributed by atoms with van der Waals surface area (Å²) in [5.74, 6) is -1.68. The molecule has 0 fully saturated rings. The SMILES string of the molecule is COC(=O)c1c(-c2ccc(F)cc2)csc1NC(=O)c1cccc([N+](=O)[O-])c1C. The van der Waals surface area contributed by atoms with Gasteiger partial charge in [0.25, 0.3) is 11.6 Å². The Balaban J connectivity index is 2.01. The maximum Gasteiger partial charge on any atom is 0.341 e. The number of ether oxygens (including phenoxy) is 1. The molecule has 0 bridgehead atoms. The molecule has 0 atom stereocenters. The molecule has 0 unspecified atom stereocenters. The molecular formula is C20H15FN2O5S. The smallest absolute Gasteiger partial charge is 0.341 e. The summed E-state index contributed by atoms with van der Waals surface area (Å²) >= 11 is 1.10. The molecule has 3 rings (SSSR count). The van der Waals surface area contributed by atoms with Gasteiger partial charge in [-0.2, -0.15) is 0 Å². The number of carbonyl (C=O) groups excluding carboxylic acids is 2. The lowest BCUT2D eigenvalue weighted by molar-refractivity contribution is -0.385. The summed E-state index contributed by atoms with van der Waals surface area (Å²) < 4.78 is 18.1. The number of rotatable bonds is 5. The van der Waals surface area contributed by atoms with Crippen molar-refractivity contribution < 1.29 is 23.6 Å². The molecule has 0 spiro atoms. The minimum absolute atomic E-state index is 0.117. The Kier molecular flexibility index (Phi) is 5.69. The van der Waals surface area contributed by atoms with Crippen molar-refractivity contribution in [1.82, 2.24) is 0 Å². The molecule has 9 heteroatoms. The van der Waals surface area contributed by atoms with E-state index in [0.717, 1.165) is 11.3 Å². The number of nitrogens with zero attached hydrogens (tertiary/aromatic N) is 1. The molecule has 2 aromatic carbocycles. The van der Waals surface area contributed by atoms with E-state index in [1.807, 2.05) is 0 Å². The fourth-order valence-electron chi connectivity index (χ4n) is 2.83. The Morgan fingerprint density at radius 2 is 1.86 bits per heavy atom. The van der Waals surface area contributed by atoms with E-state index in [2.05, 4.69) is 5.32 Å². The number of carbonyl (C=O) groups is 2. The highest BCUT2D eigenvalue weighted by Gasteiger charge is 2.24. The minimum Gasteiger partial charge on any atom is -0.465 e. The molecule has 3 aromatic rings. The van der Waals surface area contributed by atoms with Crippen LogP contribution in [-0.4, -0.2) is 23.9 Å². The number of hydrogen-bond donors (Lipinski definition) is 1. The van der Waals surface area contributed by atoms with Crippen LogP contribution in [-0.2, 0) is 4.74 Å². The quantitative estimate of drug-likeness (QED) is 0.367. The molecule has 0 saturated carbocycles. The van der Waals surface area contributed by atoms with Crippen molar-refractivity contribution in [2.24, 2.45) is 0 Å². The molecule has 0 aliphatic heterocycles. The summed E-state index contributed by atoms with van der Waals surface area (Å²) in [5.41, 5.74) is 1.34. The topological polar surface area (TPSA) is 98.5 Å². The zero-order chi connectivity index (χ0) is 21.1. The van der Waals surface area contributed by atoms with Gasteiger partial charge in [0.15, 0.2) is 0 Å². The Labute approximate surface area is 168 Å². The molecule has 1 amide bonds. The third kappa shape index (κ3) is 3.99. The minimum atomic E-state index is -0.670. The molecule has 0 aliphatic rings. The lowest BCUT2D eigenvalue weighted by atomic mass is 10.0. The first-order chi connectivity index (χ1) is 13.8. The molecule has 1 heterocycles. The molecule has 0 saturated heterocycles. The van der Waals surface area contributed by atoms with Crippen molar-refractivity contribution >= 4 is 33.9 Å². The number of amides is 1. The maximum absolute atomic E-state index is 13.2. The van der Waals surface area contributed by atoms with Gasteiger partial charge >= 0.3 is 5.97 Å².